The summed E-state index contributed by atoms with van der Waals surface area (Å²) in [5.41, 5.74) is 1.60. The molecular weight excluding hydrogens is 260 g/mol. The van der Waals surface area contributed by atoms with E-state index in [2.05, 4.69) is 4.98 Å². The van der Waals surface area contributed by atoms with Gasteiger partial charge in [-0.15, -0.1) is 0 Å². The molecule has 0 N–H and O–H groups in total. The maximum Gasteiger partial charge on any atom is 0.152 e. The first-order chi connectivity index (χ1) is 9.67. The van der Waals surface area contributed by atoms with Crippen LogP contribution in [0.3, 0.4) is 0 Å². The molecule has 0 atom stereocenters. The van der Waals surface area contributed by atoms with E-state index in [1.807, 2.05) is 0 Å². The molecule has 0 radical (unpaired) electrons. The Morgan fingerprint density at radius 3 is 2.50 bits per heavy atom. The van der Waals surface area contributed by atoms with Gasteiger partial charge in [0.15, 0.2) is 6.29 Å². The van der Waals surface area contributed by atoms with Crippen LogP contribution in [0.15, 0.2) is 48.5 Å². The maximum absolute atomic E-state index is 13.3. The molecule has 0 spiro atoms. The Kier molecular flexibility index (Phi) is 2.99. The van der Waals surface area contributed by atoms with Crippen molar-refractivity contribution in [2.45, 2.75) is 0 Å². The molecule has 0 saturated carbocycles. The van der Waals surface area contributed by atoms with Crippen molar-refractivity contribution in [1.82, 2.24) is 4.98 Å². The molecule has 3 rings (SSSR count). The molecule has 0 aliphatic heterocycles. The van der Waals surface area contributed by atoms with Gasteiger partial charge in [0.1, 0.15) is 11.6 Å². The number of benzene rings is 2. The third-order valence-electron chi connectivity index (χ3n) is 3.03. The van der Waals surface area contributed by atoms with Gasteiger partial charge in [0.25, 0.3) is 0 Å². The molecule has 0 aliphatic carbocycles. The van der Waals surface area contributed by atoms with Crippen molar-refractivity contribution in [2.75, 3.05) is 0 Å². The maximum atomic E-state index is 13.3. The van der Waals surface area contributed by atoms with Gasteiger partial charge >= 0.3 is 0 Å². The number of fused-ring (bicyclic) bond motifs is 1. The zero-order chi connectivity index (χ0) is 14.1. The molecule has 0 saturated heterocycles. The Morgan fingerprint density at radius 2 is 1.75 bits per heavy atom. The Bertz CT molecular complexity index is 815. The molecule has 3 aromatic rings. The van der Waals surface area contributed by atoms with E-state index < -0.39 is 11.6 Å². The van der Waals surface area contributed by atoms with Gasteiger partial charge in [0.2, 0.25) is 0 Å². The largest absolute Gasteiger partial charge is 0.298 e. The molecule has 20 heavy (non-hydrogen) atoms. The predicted molar refractivity (Wildman–Crippen MR) is 72.5 cm³/mol. The lowest BCUT2D eigenvalue weighted by Gasteiger charge is -2.07. The summed E-state index contributed by atoms with van der Waals surface area (Å²) >= 11 is 0. The van der Waals surface area contributed by atoms with Crippen LogP contribution >= 0.6 is 0 Å². The summed E-state index contributed by atoms with van der Waals surface area (Å²) in [6, 6.07) is 11.6. The smallest absolute Gasteiger partial charge is 0.152 e. The van der Waals surface area contributed by atoms with Crippen molar-refractivity contribution in [3.63, 3.8) is 0 Å². The van der Waals surface area contributed by atoms with Crippen LogP contribution in [0.5, 0.6) is 0 Å². The molecule has 0 aliphatic rings. The van der Waals surface area contributed by atoms with Gasteiger partial charge in [-0.25, -0.2) is 13.8 Å². The number of aldehydes is 1. The Hall–Kier alpha value is -2.62. The van der Waals surface area contributed by atoms with Crippen molar-refractivity contribution >= 4 is 17.2 Å². The monoisotopic (exact) mass is 269 g/mol. The van der Waals surface area contributed by atoms with Crippen molar-refractivity contribution in [3.8, 4) is 11.3 Å². The van der Waals surface area contributed by atoms with Crippen LogP contribution in [0, 0.1) is 11.6 Å². The fraction of sp³-hybridized carbons (Fsp3) is 0. The molecule has 98 valence electrons. The number of hydrogen-bond donors (Lipinski definition) is 0. The molecule has 1 aromatic heterocycles. The second kappa shape index (κ2) is 4.81. The van der Waals surface area contributed by atoms with Crippen molar-refractivity contribution in [3.05, 3.63) is 65.7 Å². The minimum atomic E-state index is -0.416. The fourth-order valence-corrected chi connectivity index (χ4v) is 2.11. The minimum Gasteiger partial charge on any atom is -0.298 e. The van der Waals surface area contributed by atoms with Crippen LogP contribution in [0.1, 0.15) is 10.4 Å². The summed E-state index contributed by atoms with van der Waals surface area (Å²) in [7, 11) is 0. The summed E-state index contributed by atoms with van der Waals surface area (Å²) in [5, 5.41) is 0.661. The van der Waals surface area contributed by atoms with E-state index in [-0.39, 0.29) is 0 Å². The highest BCUT2D eigenvalue weighted by molar-refractivity contribution is 5.93. The molecule has 0 unspecified atom stereocenters. The third kappa shape index (κ3) is 2.16. The molecule has 0 fully saturated rings. The summed E-state index contributed by atoms with van der Waals surface area (Å²) < 4.78 is 26.5. The standard InChI is InChI=1S/C16H9F2NO/c17-13-3-1-2-11(7-13)16-12(9-20)6-10-4-5-14(18)8-15(10)19-16/h1-9H. The van der Waals surface area contributed by atoms with Crippen molar-refractivity contribution in [2.24, 2.45) is 0 Å². The van der Waals surface area contributed by atoms with E-state index in [0.717, 1.165) is 0 Å². The average molecular weight is 269 g/mol. The normalized spacial score (nSPS) is 10.7. The Balaban J connectivity index is 2.30. The Labute approximate surface area is 113 Å². The van der Waals surface area contributed by atoms with Crippen molar-refractivity contribution < 1.29 is 13.6 Å². The molecule has 0 amide bonds. The molecular formula is C16H9F2NO. The zero-order valence-corrected chi connectivity index (χ0v) is 10.3. The van der Waals surface area contributed by atoms with E-state index in [1.165, 1.54) is 30.3 Å². The number of aromatic nitrogens is 1. The number of halogens is 2. The van der Waals surface area contributed by atoms with Crippen LogP contribution < -0.4 is 0 Å². The van der Waals surface area contributed by atoms with Gasteiger partial charge in [-0.2, -0.15) is 0 Å². The van der Waals surface area contributed by atoms with Crippen LogP contribution in [0.2, 0.25) is 0 Å². The molecule has 2 aromatic carbocycles. The van der Waals surface area contributed by atoms with Gasteiger partial charge in [0.05, 0.1) is 11.2 Å². The van der Waals surface area contributed by atoms with Crippen molar-refractivity contribution in [1.29, 1.82) is 0 Å². The minimum absolute atomic E-state index is 0.342. The Morgan fingerprint density at radius 1 is 0.950 bits per heavy atom. The molecule has 4 heteroatoms. The van der Waals surface area contributed by atoms with E-state index in [1.54, 1.807) is 18.2 Å². The highest BCUT2D eigenvalue weighted by Gasteiger charge is 2.10. The van der Waals surface area contributed by atoms with Gasteiger partial charge in [0, 0.05) is 22.6 Å². The number of pyridine rings is 1. The second-order valence-corrected chi connectivity index (χ2v) is 4.39. The number of hydrogen-bond acceptors (Lipinski definition) is 2. The van der Waals surface area contributed by atoms with E-state index >= 15 is 0 Å². The predicted octanol–water partition coefficient (Wildman–Crippen LogP) is 3.99. The quantitative estimate of drug-likeness (QED) is 0.658. The summed E-state index contributed by atoms with van der Waals surface area (Å²) in [6.45, 7) is 0. The topological polar surface area (TPSA) is 30.0 Å². The molecule has 0 bridgehead atoms. The lowest BCUT2D eigenvalue weighted by Crippen LogP contribution is -1.94. The molecule has 2 nitrogen and oxygen atoms in total. The van der Waals surface area contributed by atoms with Gasteiger partial charge < -0.3 is 0 Å². The average Bonchev–Trinajstić information content (AvgIpc) is 2.45. The van der Waals surface area contributed by atoms with E-state index in [9.17, 15) is 13.6 Å². The molecule has 1 heterocycles. The van der Waals surface area contributed by atoms with E-state index in [4.69, 9.17) is 0 Å². The highest BCUT2D eigenvalue weighted by atomic mass is 19.1. The number of carbonyl (C=O) groups is 1. The van der Waals surface area contributed by atoms with Crippen LogP contribution in [-0.2, 0) is 0 Å². The zero-order valence-electron chi connectivity index (χ0n) is 10.3. The first-order valence-electron chi connectivity index (χ1n) is 5.99. The second-order valence-electron chi connectivity index (χ2n) is 4.39. The highest BCUT2D eigenvalue weighted by Crippen LogP contribution is 2.25. The lowest BCUT2D eigenvalue weighted by molar-refractivity contribution is 0.112. The summed E-state index contributed by atoms with van der Waals surface area (Å²) in [6.07, 6.45) is 0.663. The third-order valence-corrected chi connectivity index (χ3v) is 3.03. The van der Waals surface area contributed by atoms with Crippen LogP contribution in [0.25, 0.3) is 22.2 Å². The number of nitrogens with zero attached hydrogens (tertiary/aromatic N) is 1. The van der Waals surface area contributed by atoms with Gasteiger partial charge in [-0.1, -0.05) is 12.1 Å². The van der Waals surface area contributed by atoms with Gasteiger partial charge in [-0.05, 0) is 30.3 Å². The SMILES string of the molecule is O=Cc1cc2ccc(F)cc2nc1-c1cccc(F)c1. The van der Waals surface area contributed by atoms with Crippen LogP contribution in [-0.4, -0.2) is 11.3 Å². The van der Waals surface area contributed by atoms with Crippen LogP contribution in [0.4, 0.5) is 8.78 Å². The number of carbonyl (C=O) groups excluding carboxylic acids is 1. The first-order valence-corrected chi connectivity index (χ1v) is 5.99. The lowest BCUT2D eigenvalue weighted by atomic mass is 10.0. The van der Waals surface area contributed by atoms with E-state index in [0.29, 0.717) is 34.0 Å². The summed E-state index contributed by atoms with van der Waals surface area (Å²) in [4.78, 5) is 15.5. The number of rotatable bonds is 2. The van der Waals surface area contributed by atoms with Gasteiger partial charge in [-0.3, -0.25) is 4.79 Å². The fourth-order valence-electron chi connectivity index (χ4n) is 2.11. The first kappa shape index (κ1) is 12.4. The summed E-state index contributed by atoms with van der Waals surface area (Å²) in [5.74, 6) is -0.825.